The number of hydrogen-bond acceptors (Lipinski definition) is 4. The van der Waals surface area contributed by atoms with Gasteiger partial charge in [-0.3, -0.25) is 0 Å². The Morgan fingerprint density at radius 2 is 1.41 bits per heavy atom. The van der Waals surface area contributed by atoms with Crippen LogP contribution in [-0.4, -0.2) is 0 Å². The van der Waals surface area contributed by atoms with E-state index in [1.54, 1.807) is 22.7 Å². The molecule has 1 aliphatic carbocycles. The standard InChI is InChI=1S/C33H20N2S2/c1-19-13-14-26-23-8-3-5-12-30(23)37-33(26)31(19)28-16-20(17-34)27(15-21(28)18-35)25-10-6-9-24-22-7-2-4-11-29(22)36-32(24)25/h2-16,19,31H,1H3. The molecule has 37 heavy (non-hydrogen) atoms. The first-order valence-corrected chi connectivity index (χ1v) is 13.9. The first kappa shape index (κ1) is 22.0. The van der Waals surface area contributed by atoms with Gasteiger partial charge in [0.15, 0.2) is 0 Å². The lowest BCUT2D eigenvalue weighted by atomic mass is 9.77. The van der Waals surface area contributed by atoms with E-state index < -0.39 is 0 Å². The van der Waals surface area contributed by atoms with Crippen LogP contribution in [0.15, 0.2) is 84.9 Å². The van der Waals surface area contributed by atoms with Gasteiger partial charge in [0.1, 0.15) is 0 Å². The number of benzene rings is 4. The van der Waals surface area contributed by atoms with Gasteiger partial charge in [-0.15, -0.1) is 22.7 Å². The zero-order valence-electron chi connectivity index (χ0n) is 20.0. The second kappa shape index (κ2) is 8.43. The maximum Gasteiger partial charge on any atom is 0.0998 e. The highest BCUT2D eigenvalue weighted by atomic mass is 32.1. The van der Waals surface area contributed by atoms with Crippen molar-refractivity contribution < 1.29 is 0 Å². The van der Waals surface area contributed by atoms with E-state index in [2.05, 4.69) is 97.9 Å². The molecule has 0 saturated carbocycles. The summed E-state index contributed by atoms with van der Waals surface area (Å²) in [5.41, 5.74) is 5.28. The van der Waals surface area contributed by atoms with Gasteiger partial charge in [-0.2, -0.15) is 10.5 Å². The Morgan fingerprint density at radius 3 is 2.19 bits per heavy atom. The molecular weight excluding hydrogens is 489 g/mol. The van der Waals surface area contributed by atoms with Crippen LogP contribution >= 0.6 is 22.7 Å². The summed E-state index contributed by atoms with van der Waals surface area (Å²) in [7, 11) is 0. The van der Waals surface area contributed by atoms with Crippen LogP contribution in [-0.2, 0) is 0 Å². The first-order chi connectivity index (χ1) is 18.2. The van der Waals surface area contributed by atoms with Crippen LogP contribution in [0.25, 0.3) is 47.5 Å². The smallest absolute Gasteiger partial charge is 0.0998 e. The fourth-order valence-electron chi connectivity index (χ4n) is 5.75. The van der Waals surface area contributed by atoms with Crippen molar-refractivity contribution in [3.05, 3.63) is 112 Å². The van der Waals surface area contributed by atoms with Gasteiger partial charge in [0.05, 0.1) is 23.3 Å². The largest absolute Gasteiger partial charge is 0.192 e. The quantitative estimate of drug-likeness (QED) is 0.234. The fraction of sp³-hybridized carbons (Fsp3) is 0.0909. The van der Waals surface area contributed by atoms with Crippen LogP contribution in [0.1, 0.15) is 40.0 Å². The third-order valence-corrected chi connectivity index (χ3v) is 9.99. The molecule has 7 rings (SSSR count). The Morgan fingerprint density at radius 1 is 0.703 bits per heavy atom. The molecule has 2 unspecified atom stereocenters. The second-order valence-electron chi connectivity index (χ2n) is 9.56. The molecule has 1 aliphatic rings. The first-order valence-electron chi connectivity index (χ1n) is 12.3. The maximum atomic E-state index is 10.3. The van der Waals surface area contributed by atoms with E-state index >= 15 is 0 Å². The van der Waals surface area contributed by atoms with Gasteiger partial charge in [-0.25, -0.2) is 0 Å². The number of hydrogen-bond donors (Lipinski definition) is 0. The molecule has 2 nitrogen and oxygen atoms in total. The number of allylic oxidation sites excluding steroid dienone is 1. The number of rotatable bonds is 2. The minimum atomic E-state index is 0.0355. The summed E-state index contributed by atoms with van der Waals surface area (Å²) >= 11 is 3.54. The molecule has 6 aromatic rings. The fourth-order valence-corrected chi connectivity index (χ4v) is 8.41. The molecular formula is C33H20N2S2. The lowest BCUT2D eigenvalue weighted by molar-refractivity contribution is 0.627. The number of nitriles is 2. The Bertz CT molecular complexity index is 1990. The van der Waals surface area contributed by atoms with Crippen molar-refractivity contribution in [1.82, 2.24) is 0 Å². The summed E-state index contributed by atoms with van der Waals surface area (Å²) in [4.78, 5) is 1.27. The van der Waals surface area contributed by atoms with Crippen LogP contribution in [0.4, 0.5) is 0 Å². The molecule has 0 radical (unpaired) electrons. The third-order valence-electron chi connectivity index (χ3n) is 7.50. The second-order valence-corrected chi connectivity index (χ2v) is 11.7. The summed E-state index contributed by atoms with van der Waals surface area (Å²) in [5.74, 6) is 0.254. The Balaban J connectivity index is 1.46. The van der Waals surface area contributed by atoms with E-state index in [1.165, 1.54) is 36.0 Å². The zero-order chi connectivity index (χ0) is 25.1. The van der Waals surface area contributed by atoms with Gasteiger partial charge in [-0.1, -0.05) is 73.7 Å². The molecule has 4 heteroatoms. The molecule has 0 bridgehead atoms. The minimum Gasteiger partial charge on any atom is -0.192 e. The maximum absolute atomic E-state index is 10.3. The SMILES string of the molecule is CC1C=Cc2c(sc3ccccc23)C1c1cc(C#N)c(-c2cccc3c2sc2ccccc23)cc1C#N. The van der Waals surface area contributed by atoms with Crippen molar-refractivity contribution >= 4 is 59.0 Å². The van der Waals surface area contributed by atoms with Crippen LogP contribution in [0.5, 0.6) is 0 Å². The third kappa shape index (κ3) is 3.27. The number of thiophene rings is 2. The molecule has 4 aromatic carbocycles. The van der Waals surface area contributed by atoms with Crippen LogP contribution < -0.4 is 0 Å². The van der Waals surface area contributed by atoms with E-state index in [0.29, 0.717) is 11.1 Å². The van der Waals surface area contributed by atoms with Crippen molar-refractivity contribution in [2.24, 2.45) is 5.92 Å². The average molecular weight is 509 g/mol. The van der Waals surface area contributed by atoms with Crippen molar-refractivity contribution in [2.45, 2.75) is 12.8 Å². The van der Waals surface area contributed by atoms with E-state index in [0.717, 1.165) is 21.4 Å². The lowest BCUT2D eigenvalue weighted by Gasteiger charge is -2.27. The van der Waals surface area contributed by atoms with Gasteiger partial charge >= 0.3 is 0 Å². The van der Waals surface area contributed by atoms with Crippen LogP contribution in [0.2, 0.25) is 0 Å². The van der Waals surface area contributed by atoms with E-state index in [4.69, 9.17) is 0 Å². The molecule has 0 N–H and O–H groups in total. The number of nitrogens with zero attached hydrogens (tertiary/aromatic N) is 2. The van der Waals surface area contributed by atoms with Gasteiger partial charge in [0.25, 0.3) is 0 Å². The molecule has 2 aromatic heterocycles. The van der Waals surface area contributed by atoms with Crippen molar-refractivity contribution in [1.29, 1.82) is 10.5 Å². The normalized spacial score (nSPS) is 16.6. The predicted octanol–water partition coefficient (Wildman–Crippen LogP) is 9.47. The minimum absolute atomic E-state index is 0.0355. The van der Waals surface area contributed by atoms with E-state index in [9.17, 15) is 10.5 Å². The Hall–Kier alpha value is -4.22. The van der Waals surface area contributed by atoms with Crippen molar-refractivity contribution in [3.8, 4) is 23.3 Å². The van der Waals surface area contributed by atoms with E-state index in [1.807, 2.05) is 12.1 Å². The molecule has 2 atom stereocenters. The summed E-state index contributed by atoms with van der Waals surface area (Å²) in [5, 5.41) is 24.3. The molecule has 2 heterocycles. The van der Waals surface area contributed by atoms with Gasteiger partial charge < -0.3 is 0 Å². The lowest BCUT2D eigenvalue weighted by Crippen LogP contribution is -2.14. The van der Waals surface area contributed by atoms with Gasteiger partial charge in [-0.05, 0) is 46.7 Å². The molecule has 0 amide bonds. The number of fused-ring (bicyclic) bond motifs is 6. The molecule has 0 spiro atoms. The topological polar surface area (TPSA) is 47.6 Å². The monoisotopic (exact) mass is 508 g/mol. The summed E-state index contributed by atoms with van der Waals surface area (Å²) in [6.07, 6.45) is 4.47. The van der Waals surface area contributed by atoms with E-state index in [-0.39, 0.29) is 11.8 Å². The summed E-state index contributed by atoms with van der Waals surface area (Å²) < 4.78 is 3.63. The summed E-state index contributed by atoms with van der Waals surface area (Å²) in [6, 6.07) is 32.0. The zero-order valence-corrected chi connectivity index (χ0v) is 21.7. The highest BCUT2D eigenvalue weighted by Crippen LogP contribution is 2.48. The van der Waals surface area contributed by atoms with Gasteiger partial charge in [0.2, 0.25) is 0 Å². The molecule has 0 aliphatic heterocycles. The van der Waals surface area contributed by atoms with Crippen LogP contribution in [0, 0.1) is 28.6 Å². The molecule has 0 fully saturated rings. The van der Waals surface area contributed by atoms with Gasteiger partial charge in [0, 0.05) is 46.8 Å². The average Bonchev–Trinajstić information content (AvgIpc) is 3.51. The highest BCUT2D eigenvalue weighted by molar-refractivity contribution is 7.26. The Kier molecular flexibility index (Phi) is 5.01. The van der Waals surface area contributed by atoms with Crippen molar-refractivity contribution in [3.63, 3.8) is 0 Å². The van der Waals surface area contributed by atoms with Crippen molar-refractivity contribution in [2.75, 3.05) is 0 Å². The highest BCUT2D eigenvalue weighted by Gasteiger charge is 2.31. The van der Waals surface area contributed by atoms with Crippen LogP contribution in [0.3, 0.4) is 0 Å². The summed E-state index contributed by atoms with van der Waals surface area (Å²) in [6.45, 7) is 2.20. The molecule has 0 saturated heterocycles. The molecule has 174 valence electrons. The predicted molar refractivity (Wildman–Crippen MR) is 156 cm³/mol. The Labute approximate surface area is 223 Å².